The number of carboxylic acid groups (broad SMARTS) is 1. The van der Waals surface area contributed by atoms with Gasteiger partial charge < -0.3 is 19.9 Å². The molecule has 3 aromatic rings. The van der Waals surface area contributed by atoms with Crippen LogP contribution in [0.5, 0.6) is 11.5 Å². The molecule has 174 valence electrons. The summed E-state index contributed by atoms with van der Waals surface area (Å²) in [5.41, 5.74) is 5.32. The molecule has 0 fully saturated rings. The van der Waals surface area contributed by atoms with E-state index >= 15 is 0 Å². The molecule has 3 aromatic carbocycles. The average Bonchev–Trinajstić information content (AvgIpc) is 3.33. The summed E-state index contributed by atoms with van der Waals surface area (Å²) < 4.78 is 12.7. The summed E-state index contributed by atoms with van der Waals surface area (Å²) in [5, 5.41) is 13.3. The monoisotopic (exact) mass is 519 g/mol. The molecule has 6 heteroatoms. The molecule has 5 nitrogen and oxygen atoms in total. The number of hydrogen-bond acceptors (Lipinski definition) is 4. The van der Waals surface area contributed by atoms with E-state index in [0.29, 0.717) is 29.6 Å². The number of allylic oxidation sites excluding steroid dienone is 2. The summed E-state index contributed by atoms with van der Waals surface area (Å²) in [6.07, 6.45) is 5.43. The number of fused-ring (bicyclic) bond motifs is 3. The standard InChI is InChI=1S/C28H26BrNO4/c1-16-19(28(31)32)11-12-22-20-9-6-10-21(20)26(30-25(16)22)18-13-23(29)27(24(14-18)33-2)34-15-17-7-4-3-5-8-17/h3-9,11-14,20-21,26,30H,10,15H2,1-2H3,(H,31,32)/t20-,21+,26+/m1/s1. The zero-order valence-electron chi connectivity index (χ0n) is 19.0. The van der Waals surface area contributed by atoms with Crippen LogP contribution in [0.15, 0.2) is 71.2 Å². The molecule has 0 saturated carbocycles. The number of aromatic carboxylic acids is 1. The fourth-order valence-corrected chi connectivity index (χ4v) is 5.74. The van der Waals surface area contributed by atoms with Crippen molar-refractivity contribution in [3.8, 4) is 11.5 Å². The molecule has 1 heterocycles. The van der Waals surface area contributed by atoms with Crippen LogP contribution in [0, 0.1) is 12.8 Å². The van der Waals surface area contributed by atoms with Gasteiger partial charge in [-0.25, -0.2) is 4.79 Å². The lowest BCUT2D eigenvalue weighted by atomic mass is 9.76. The molecular weight excluding hydrogens is 494 g/mol. The first-order valence-electron chi connectivity index (χ1n) is 11.3. The van der Waals surface area contributed by atoms with Crippen LogP contribution < -0.4 is 14.8 Å². The smallest absolute Gasteiger partial charge is 0.336 e. The average molecular weight is 520 g/mol. The van der Waals surface area contributed by atoms with E-state index in [4.69, 9.17) is 9.47 Å². The van der Waals surface area contributed by atoms with Gasteiger partial charge >= 0.3 is 5.97 Å². The van der Waals surface area contributed by atoms with Crippen LogP contribution in [0.3, 0.4) is 0 Å². The van der Waals surface area contributed by atoms with Gasteiger partial charge in [0.25, 0.3) is 0 Å². The number of carbonyl (C=O) groups is 1. The van der Waals surface area contributed by atoms with Gasteiger partial charge in [0.1, 0.15) is 6.61 Å². The Labute approximate surface area is 207 Å². The molecule has 1 aliphatic heterocycles. The summed E-state index contributed by atoms with van der Waals surface area (Å²) in [6.45, 7) is 2.32. The first kappa shape index (κ1) is 22.5. The van der Waals surface area contributed by atoms with E-state index in [1.807, 2.05) is 49.4 Å². The van der Waals surface area contributed by atoms with Crippen LogP contribution in [0.25, 0.3) is 0 Å². The molecule has 2 N–H and O–H groups in total. The molecule has 0 radical (unpaired) electrons. The van der Waals surface area contributed by atoms with Gasteiger partial charge in [0.2, 0.25) is 0 Å². The Morgan fingerprint density at radius 3 is 2.71 bits per heavy atom. The third-order valence-electron chi connectivity index (χ3n) is 6.86. The maximum Gasteiger partial charge on any atom is 0.336 e. The van der Waals surface area contributed by atoms with Gasteiger partial charge in [-0.15, -0.1) is 0 Å². The van der Waals surface area contributed by atoms with Gasteiger partial charge in [-0.1, -0.05) is 48.6 Å². The summed E-state index contributed by atoms with van der Waals surface area (Å²) in [4.78, 5) is 11.7. The Balaban J connectivity index is 1.50. The molecule has 5 rings (SSSR count). The van der Waals surface area contributed by atoms with Gasteiger partial charge in [0.15, 0.2) is 11.5 Å². The lowest BCUT2D eigenvalue weighted by Crippen LogP contribution is -2.30. The summed E-state index contributed by atoms with van der Waals surface area (Å²) >= 11 is 3.70. The Bertz CT molecular complexity index is 1270. The quantitative estimate of drug-likeness (QED) is 0.347. The first-order valence-corrected chi connectivity index (χ1v) is 12.1. The van der Waals surface area contributed by atoms with E-state index in [1.54, 1.807) is 13.2 Å². The van der Waals surface area contributed by atoms with Crippen molar-refractivity contribution in [2.75, 3.05) is 12.4 Å². The Kier molecular flexibility index (Phi) is 6.09. The highest BCUT2D eigenvalue weighted by atomic mass is 79.9. The zero-order chi connectivity index (χ0) is 23.8. The second-order valence-corrected chi connectivity index (χ2v) is 9.65. The van der Waals surface area contributed by atoms with Crippen LogP contribution in [-0.2, 0) is 6.61 Å². The number of halogens is 1. The fraction of sp³-hybridized carbons (Fsp3) is 0.250. The molecule has 0 unspecified atom stereocenters. The maximum atomic E-state index is 11.7. The predicted molar refractivity (Wildman–Crippen MR) is 136 cm³/mol. The van der Waals surface area contributed by atoms with E-state index < -0.39 is 5.97 Å². The van der Waals surface area contributed by atoms with E-state index in [9.17, 15) is 9.90 Å². The lowest BCUT2D eigenvalue weighted by molar-refractivity contribution is 0.0696. The number of benzene rings is 3. The van der Waals surface area contributed by atoms with Crippen LogP contribution in [0.4, 0.5) is 5.69 Å². The van der Waals surface area contributed by atoms with Crippen molar-refractivity contribution in [3.05, 3.63) is 99.0 Å². The number of carboxylic acids is 1. The second-order valence-electron chi connectivity index (χ2n) is 8.79. The third kappa shape index (κ3) is 3.96. The second kappa shape index (κ2) is 9.18. The molecule has 0 spiro atoms. The van der Waals surface area contributed by atoms with Crippen LogP contribution >= 0.6 is 15.9 Å². The van der Waals surface area contributed by atoms with Crippen molar-refractivity contribution in [1.82, 2.24) is 0 Å². The largest absolute Gasteiger partial charge is 0.493 e. The zero-order valence-corrected chi connectivity index (χ0v) is 20.6. The number of methoxy groups -OCH3 is 1. The number of nitrogens with one attached hydrogen (secondary N) is 1. The van der Waals surface area contributed by atoms with Crippen molar-refractivity contribution in [1.29, 1.82) is 0 Å². The first-order chi connectivity index (χ1) is 16.5. The summed E-state index contributed by atoms with van der Waals surface area (Å²) in [5.74, 6) is 0.979. The Morgan fingerprint density at radius 2 is 1.97 bits per heavy atom. The topological polar surface area (TPSA) is 67.8 Å². The van der Waals surface area contributed by atoms with Crippen molar-refractivity contribution in [2.45, 2.75) is 31.9 Å². The third-order valence-corrected chi connectivity index (χ3v) is 7.45. The van der Waals surface area contributed by atoms with E-state index in [1.165, 1.54) is 0 Å². The Hall–Kier alpha value is -3.25. The highest BCUT2D eigenvalue weighted by Crippen LogP contribution is 2.52. The van der Waals surface area contributed by atoms with Crippen molar-refractivity contribution in [2.24, 2.45) is 5.92 Å². The van der Waals surface area contributed by atoms with E-state index in [-0.39, 0.29) is 12.0 Å². The number of anilines is 1. The number of rotatable bonds is 6. The van der Waals surface area contributed by atoms with Crippen LogP contribution in [0.2, 0.25) is 0 Å². The van der Waals surface area contributed by atoms with Crippen LogP contribution in [0.1, 0.15) is 51.0 Å². The van der Waals surface area contributed by atoms with Gasteiger partial charge in [0, 0.05) is 11.6 Å². The minimum Gasteiger partial charge on any atom is -0.493 e. The van der Waals surface area contributed by atoms with Crippen molar-refractivity contribution in [3.63, 3.8) is 0 Å². The number of ether oxygens (including phenoxy) is 2. The molecule has 0 bridgehead atoms. The molecule has 34 heavy (non-hydrogen) atoms. The highest BCUT2D eigenvalue weighted by molar-refractivity contribution is 9.10. The van der Waals surface area contributed by atoms with Crippen molar-refractivity contribution < 1.29 is 19.4 Å². The predicted octanol–water partition coefficient (Wildman–Crippen LogP) is 6.87. The van der Waals surface area contributed by atoms with Gasteiger partial charge in [0.05, 0.1) is 23.2 Å². The molecule has 2 aliphatic rings. The maximum absolute atomic E-state index is 11.7. The SMILES string of the molecule is COc1cc([C@@H]2Nc3c(ccc(C(=O)O)c3C)[C@@H]3C=CC[C@@H]32)cc(Br)c1OCc1ccccc1. The van der Waals surface area contributed by atoms with E-state index in [0.717, 1.165) is 38.8 Å². The van der Waals surface area contributed by atoms with E-state index in [2.05, 4.69) is 39.5 Å². The lowest BCUT2D eigenvalue weighted by Gasteiger charge is -2.39. The number of hydrogen-bond donors (Lipinski definition) is 2. The molecule has 1 aliphatic carbocycles. The molecule has 0 aromatic heterocycles. The molecule has 3 atom stereocenters. The Morgan fingerprint density at radius 1 is 1.18 bits per heavy atom. The normalized spacial score (nSPS) is 20.3. The summed E-state index contributed by atoms with van der Waals surface area (Å²) in [6, 6.07) is 17.8. The van der Waals surface area contributed by atoms with Gasteiger partial charge in [-0.3, -0.25) is 0 Å². The van der Waals surface area contributed by atoms with Gasteiger partial charge in [-0.05, 0) is 75.6 Å². The fourth-order valence-electron chi connectivity index (χ4n) is 5.17. The summed E-state index contributed by atoms with van der Waals surface area (Å²) in [7, 11) is 1.65. The van der Waals surface area contributed by atoms with Crippen molar-refractivity contribution >= 4 is 27.6 Å². The minimum atomic E-state index is -0.910. The minimum absolute atomic E-state index is 0.00335. The highest BCUT2D eigenvalue weighted by Gasteiger charge is 2.39. The molecule has 0 saturated heterocycles. The van der Waals surface area contributed by atoms with Gasteiger partial charge in [-0.2, -0.15) is 0 Å². The van der Waals surface area contributed by atoms with Crippen LogP contribution in [-0.4, -0.2) is 18.2 Å². The molecular formula is C28H26BrNO4. The molecule has 0 amide bonds.